The zero-order valence-corrected chi connectivity index (χ0v) is 11.5. The summed E-state index contributed by atoms with van der Waals surface area (Å²) in [5, 5.41) is 103. The minimum atomic E-state index is 2.87. The van der Waals surface area contributed by atoms with E-state index in [-0.39, 0.29) is 0 Å². The van der Waals surface area contributed by atoms with Crippen molar-refractivity contribution in [3.05, 3.63) is 0 Å². The largest absolute Gasteiger partial charge is 0.219 e. The van der Waals surface area contributed by atoms with Crippen LogP contribution in [0.1, 0.15) is 0 Å². The smallest absolute Gasteiger partial charge is 0 e. The molecular weight excluding hydrogens is 448 g/mol. The van der Waals surface area contributed by atoms with Gasteiger partial charge in [0.05, 0.1) is 0 Å². The molecular formula is H2O28. The summed E-state index contributed by atoms with van der Waals surface area (Å²) in [7, 11) is 0. The predicted octanol–water partition coefficient (Wildman–Crippen LogP) is -1.76. The molecule has 2 N–H and O–H groups in total. The highest BCUT2D eigenvalue weighted by Gasteiger charge is 2.01. The molecule has 0 heterocycles. The molecule has 0 aromatic carbocycles. The Bertz CT molecular complexity index is 218. The van der Waals surface area contributed by atoms with Crippen molar-refractivity contribution in [1.82, 2.24) is 0 Å². The summed E-state index contributed by atoms with van der Waals surface area (Å²) >= 11 is 0. The van der Waals surface area contributed by atoms with E-state index in [1.165, 1.54) is 0 Å². The summed E-state index contributed by atoms with van der Waals surface area (Å²) in [5.74, 6) is 0. The molecule has 0 amide bonds. The summed E-state index contributed by atoms with van der Waals surface area (Å²) < 4.78 is 0. The molecule has 0 aromatic heterocycles. The topological polar surface area (TPSA) is 280 Å². The average Bonchev–Trinajstić information content (AvgIpc) is 2.71. The van der Waals surface area contributed by atoms with E-state index in [9.17, 15) is 0 Å². The average molecular weight is 450 g/mol. The summed E-state index contributed by atoms with van der Waals surface area (Å²) in [5.41, 5.74) is 0. The summed E-state index contributed by atoms with van der Waals surface area (Å²) in [6, 6.07) is 0. The monoisotopic (exact) mass is 450 g/mol. The SMILES string of the molecule is OOOOOOOOOOOOOOOOOOOOOOOOOOOO. The molecule has 0 saturated heterocycles. The van der Waals surface area contributed by atoms with Crippen LogP contribution in [0.15, 0.2) is 0 Å². The Labute approximate surface area is 143 Å². The molecule has 0 bridgehead atoms. The van der Waals surface area contributed by atoms with Gasteiger partial charge in [-0.2, -0.15) is 0 Å². The normalized spacial score (nSPS) is 11.4. The van der Waals surface area contributed by atoms with Crippen molar-refractivity contribution in [3.63, 3.8) is 0 Å². The van der Waals surface area contributed by atoms with Crippen molar-refractivity contribution in [3.8, 4) is 0 Å². The van der Waals surface area contributed by atoms with E-state index >= 15 is 0 Å². The van der Waals surface area contributed by atoms with Crippen LogP contribution in [-0.2, 0) is 131 Å². The third-order valence-electron chi connectivity index (χ3n) is 0.700. The van der Waals surface area contributed by atoms with Crippen molar-refractivity contribution in [1.29, 1.82) is 0 Å². The molecule has 0 saturated carbocycles. The highest BCUT2D eigenvalue weighted by Crippen LogP contribution is 1.94. The van der Waals surface area contributed by atoms with E-state index in [0.717, 1.165) is 0 Å². The van der Waals surface area contributed by atoms with Crippen LogP contribution in [0.5, 0.6) is 0 Å². The Balaban J connectivity index is 2.96. The van der Waals surface area contributed by atoms with Crippen LogP contribution >= 0.6 is 0 Å². The molecule has 0 rings (SSSR count). The number of hydrogen-bond donors (Lipinski definition) is 2. The van der Waals surface area contributed by atoms with Gasteiger partial charge in [-0.25, -0.2) is 10.5 Å². The van der Waals surface area contributed by atoms with E-state index in [1.54, 1.807) is 0 Å². The Morgan fingerprint density at radius 1 is 0.179 bits per heavy atom. The summed E-state index contributed by atoms with van der Waals surface area (Å²) in [6.07, 6.45) is 0. The van der Waals surface area contributed by atoms with Gasteiger partial charge in [0.1, 0.15) is 0 Å². The molecule has 0 aromatic rings. The molecule has 0 spiro atoms. The van der Waals surface area contributed by atoms with Gasteiger partial charge in [0.15, 0.2) is 0 Å². The molecule has 0 fully saturated rings. The van der Waals surface area contributed by atoms with Gasteiger partial charge in [0, 0.05) is 50.4 Å². The van der Waals surface area contributed by atoms with Gasteiger partial charge in [-0.15, -0.1) is 0 Å². The van der Waals surface area contributed by atoms with Crippen LogP contribution < -0.4 is 0 Å². The van der Waals surface area contributed by atoms with Gasteiger partial charge in [0.2, 0.25) is 0 Å². The second kappa shape index (κ2) is 25.9. The van der Waals surface area contributed by atoms with Crippen LogP contribution in [0.25, 0.3) is 0 Å². The van der Waals surface area contributed by atoms with Crippen molar-refractivity contribution >= 4 is 0 Å². The molecule has 28 heteroatoms. The second-order valence-corrected chi connectivity index (χ2v) is 1.78. The zero-order chi connectivity index (χ0) is 20.4. The number of rotatable bonds is 25. The first-order valence-corrected chi connectivity index (χ1v) is 4.53. The highest BCUT2D eigenvalue weighted by atomic mass is 18.0. The zero-order valence-electron chi connectivity index (χ0n) is 11.5. The standard InChI is InChI=1S/H2O28/c1-3-5-7-9-11-13-15-17-19-21-23-25-27-28-26-24-22-20-18-16-14-12-10-8-6-4-2/h1-2H. The molecule has 28 heavy (non-hydrogen) atoms. The quantitative estimate of drug-likeness (QED) is 0.0884. The Hall–Kier alpha value is -1.12. The second-order valence-electron chi connectivity index (χ2n) is 1.78. The maximum absolute atomic E-state index is 7.52. The fraction of sp³-hybridized carbons (Fsp3) is 0. The van der Waals surface area contributed by atoms with Gasteiger partial charge in [-0.1, -0.05) is 0 Å². The molecule has 0 radical (unpaired) electrons. The number of hydrogen-bond acceptors (Lipinski definition) is 28. The van der Waals surface area contributed by atoms with Gasteiger partial charge in [-0.05, 0) is 80.6 Å². The van der Waals surface area contributed by atoms with Crippen molar-refractivity contribution in [2.75, 3.05) is 0 Å². The molecule has 0 atom stereocenters. The summed E-state index contributed by atoms with van der Waals surface area (Å²) in [6.45, 7) is 0. The van der Waals surface area contributed by atoms with Crippen LogP contribution in [0.2, 0.25) is 0 Å². The van der Waals surface area contributed by atoms with E-state index in [0.29, 0.717) is 0 Å². The molecule has 0 aliphatic carbocycles. The van der Waals surface area contributed by atoms with Crippen LogP contribution in [-0.4, -0.2) is 10.5 Å². The Morgan fingerprint density at radius 3 is 0.393 bits per heavy atom. The Kier molecular flexibility index (Phi) is 24.8. The summed E-state index contributed by atoms with van der Waals surface area (Å²) in [4.78, 5) is 0. The fourth-order valence-electron chi connectivity index (χ4n) is 0.274. The van der Waals surface area contributed by atoms with E-state index in [1.807, 2.05) is 0 Å². The maximum atomic E-state index is 7.52. The minimum absolute atomic E-state index is 2.87. The van der Waals surface area contributed by atoms with Crippen LogP contribution in [0.3, 0.4) is 0 Å². The first-order chi connectivity index (χ1) is 13.9. The van der Waals surface area contributed by atoms with Gasteiger partial charge in [0.25, 0.3) is 0 Å². The lowest BCUT2D eigenvalue weighted by atomic mass is 14.0. The third kappa shape index (κ3) is 24.9. The van der Waals surface area contributed by atoms with E-state index in [2.05, 4.69) is 131 Å². The predicted molar refractivity (Wildman–Crippen MR) is 33.5 cm³/mol. The van der Waals surface area contributed by atoms with E-state index in [4.69, 9.17) is 10.5 Å². The Morgan fingerprint density at radius 2 is 0.286 bits per heavy atom. The van der Waals surface area contributed by atoms with Crippen molar-refractivity contribution in [2.45, 2.75) is 0 Å². The molecule has 0 aliphatic rings. The maximum Gasteiger partial charge on any atom is 0 e. The molecule has 0 unspecified atom stereocenters. The molecule has 170 valence electrons. The van der Waals surface area contributed by atoms with E-state index < -0.39 is 0 Å². The van der Waals surface area contributed by atoms with Crippen LogP contribution in [0.4, 0.5) is 0 Å². The third-order valence-corrected chi connectivity index (χ3v) is 0.700. The van der Waals surface area contributed by atoms with Crippen LogP contribution in [0, 0.1) is 0 Å². The van der Waals surface area contributed by atoms with Gasteiger partial charge >= 0.3 is 0 Å². The first kappa shape index (κ1) is 26.9. The molecule has 28 nitrogen and oxygen atoms in total. The lowest BCUT2D eigenvalue weighted by Crippen LogP contribution is -2.06. The fourth-order valence-corrected chi connectivity index (χ4v) is 0.274. The first-order valence-electron chi connectivity index (χ1n) is 4.53. The lowest BCUT2D eigenvalue weighted by molar-refractivity contribution is -0.903. The lowest BCUT2D eigenvalue weighted by Gasteiger charge is -1.99. The van der Waals surface area contributed by atoms with Gasteiger partial charge in [-0.3, -0.25) is 0 Å². The van der Waals surface area contributed by atoms with Crippen molar-refractivity contribution in [2.24, 2.45) is 0 Å². The van der Waals surface area contributed by atoms with Crippen molar-refractivity contribution < 1.29 is 142 Å². The van der Waals surface area contributed by atoms with Gasteiger partial charge < -0.3 is 0 Å². The molecule has 0 aliphatic heterocycles. The minimum Gasteiger partial charge on any atom is -0.219 e. The highest BCUT2D eigenvalue weighted by molar-refractivity contribution is 3.09.